The lowest BCUT2D eigenvalue weighted by Crippen LogP contribution is -2.47. The van der Waals surface area contributed by atoms with Crippen LogP contribution in [0.3, 0.4) is 0 Å². The summed E-state index contributed by atoms with van der Waals surface area (Å²) in [7, 11) is 0. The molecule has 3 heterocycles. The quantitative estimate of drug-likeness (QED) is 0.694. The van der Waals surface area contributed by atoms with Crippen molar-refractivity contribution >= 4 is 34.5 Å². The first-order chi connectivity index (χ1) is 13.7. The maximum absolute atomic E-state index is 12.6. The normalized spacial score (nSPS) is 14.8. The second-order valence-corrected chi connectivity index (χ2v) is 8.47. The van der Waals surface area contributed by atoms with E-state index in [0.717, 1.165) is 29.1 Å². The first kappa shape index (κ1) is 18.8. The summed E-state index contributed by atoms with van der Waals surface area (Å²) in [5.74, 6) is 0.0591. The standard InChI is InChI=1S/C21H21N3O2S2/c25-19(12-18-14-28-21(23-18)16-8-11-27-13-16)24-9-6-17(7-10-24)22-20(26)15-4-2-1-3-5-15/h1-5,8,11,13-14,17H,6-7,9-10,12H2,(H,22,26). The van der Waals surface area contributed by atoms with E-state index in [2.05, 4.69) is 15.7 Å². The van der Waals surface area contributed by atoms with Gasteiger partial charge in [0.25, 0.3) is 5.91 Å². The first-order valence-corrected chi connectivity index (χ1v) is 11.1. The third-order valence-corrected chi connectivity index (χ3v) is 6.49. The Morgan fingerprint density at radius 2 is 1.89 bits per heavy atom. The van der Waals surface area contributed by atoms with Gasteiger partial charge in [-0.25, -0.2) is 4.98 Å². The molecule has 1 saturated heterocycles. The number of carbonyl (C=O) groups is 2. The van der Waals surface area contributed by atoms with E-state index in [1.807, 2.05) is 52.1 Å². The minimum Gasteiger partial charge on any atom is -0.349 e. The van der Waals surface area contributed by atoms with Crippen molar-refractivity contribution in [3.8, 4) is 10.6 Å². The molecular weight excluding hydrogens is 390 g/mol. The summed E-state index contributed by atoms with van der Waals surface area (Å²) in [6.07, 6.45) is 1.89. The topological polar surface area (TPSA) is 62.3 Å². The van der Waals surface area contributed by atoms with E-state index in [0.29, 0.717) is 25.1 Å². The van der Waals surface area contributed by atoms with Crippen molar-refractivity contribution in [1.82, 2.24) is 15.2 Å². The van der Waals surface area contributed by atoms with E-state index < -0.39 is 0 Å². The Kier molecular flexibility index (Phi) is 5.83. The highest BCUT2D eigenvalue weighted by Gasteiger charge is 2.24. The van der Waals surface area contributed by atoms with Gasteiger partial charge >= 0.3 is 0 Å². The number of likely N-dealkylation sites (tertiary alicyclic amines) is 1. The molecule has 0 saturated carbocycles. The zero-order chi connectivity index (χ0) is 19.3. The van der Waals surface area contributed by atoms with Gasteiger partial charge in [-0.15, -0.1) is 11.3 Å². The van der Waals surface area contributed by atoms with E-state index >= 15 is 0 Å². The van der Waals surface area contributed by atoms with Crippen molar-refractivity contribution in [1.29, 1.82) is 0 Å². The largest absolute Gasteiger partial charge is 0.349 e. The Morgan fingerprint density at radius 3 is 2.61 bits per heavy atom. The number of aromatic nitrogens is 1. The molecule has 0 bridgehead atoms. The molecule has 1 aromatic carbocycles. The Balaban J connectivity index is 1.27. The number of carbonyl (C=O) groups excluding carboxylic acids is 2. The number of nitrogens with zero attached hydrogens (tertiary/aromatic N) is 2. The number of thiazole rings is 1. The smallest absolute Gasteiger partial charge is 0.251 e. The van der Waals surface area contributed by atoms with Crippen LogP contribution < -0.4 is 5.32 Å². The highest BCUT2D eigenvalue weighted by atomic mass is 32.1. The molecule has 4 rings (SSSR count). The summed E-state index contributed by atoms with van der Waals surface area (Å²) in [6.45, 7) is 1.33. The van der Waals surface area contributed by atoms with E-state index in [4.69, 9.17) is 0 Å². The van der Waals surface area contributed by atoms with Crippen molar-refractivity contribution in [3.63, 3.8) is 0 Å². The molecule has 1 N–H and O–H groups in total. The summed E-state index contributed by atoms with van der Waals surface area (Å²) in [5, 5.41) is 10.1. The number of amides is 2. The molecule has 0 aliphatic carbocycles. The molecule has 0 atom stereocenters. The molecule has 0 spiro atoms. The van der Waals surface area contributed by atoms with E-state index in [1.54, 1.807) is 22.7 Å². The molecule has 1 aliphatic rings. The molecule has 1 fully saturated rings. The average Bonchev–Trinajstić information content (AvgIpc) is 3.41. The van der Waals surface area contributed by atoms with Gasteiger partial charge in [0.2, 0.25) is 5.91 Å². The van der Waals surface area contributed by atoms with Gasteiger partial charge in [-0.05, 0) is 36.4 Å². The number of nitrogens with one attached hydrogen (secondary N) is 1. The van der Waals surface area contributed by atoms with Crippen molar-refractivity contribution in [2.75, 3.05) is 13.1 Å². The Hall–Kier alpha value is -2.51. The maximum atomic E-state index is 12.6. The van der Waals surface area contributed by atoms with E-state index in [-0.39, 0.29) is 17.9 Å². The van der Waals surface area contributed by atoms with Crippen LogP contribution in [0.4, 0.5) is 0 Å². The van der Waals surface area contributed by atoms with Gasteiger partial charge in [-0.2, -0.15) is 11.3 Å². The van der Waals surface area contributed by atoms with Crippen LogP contribution in [-0.4, -0.2) is 40.8 Å². The van der Waals surface area contributed by atoms with Gasteiger partial charge < -0.3 is 10.2 Å². The molecule has 3 aromatic rings. The lowest BCUT2D eigenvalue weighted by atomic mass is 10.0. The minimum atomic E-state index is -0.0474. The van der Waals surface area contributed by atoms with E-state index in [1.165, 1.54) is 0 Å². The van der Waals surface area contributed by atoms with Gasteiger partial charge in [0.1, 0.15) is 5.01 Å². The minimum absolute atomic E-state index is 0.0474. The fourth-order valence-electron chi connectivity index (χ4n) is 3.31. The first-order valence-electron chi connectivity index (χ1n) is 9.30. The zero-order valence-electron chi connectivity index (χ0n) is 15.3. The molecule has 144 valence electrons. The number of thiophene rings is 1. The SMILES string of the molecule is O=C(NC1CCN(C(=O)Cc2csc(-c3ccsc3)n2)CC1)c1ccccc1. The number of hydrogen-bond acceptors (Lipinski definition) is 5. The van der Waals surface area contributed by atoms with E-state index in [9.17, 15) is 9.59 Å². The summed E-state index contributed by atoms with van der Waals surface area (Å²) in [4.78, 5) is 31.4. The fourth-order valence-corrected chi connectivity index (χ4v) is 4.84. The fraction of sp³-hybridized carbons (Fsp3) is 0.286. The van der Waals surface area contributed by atoms with Crippen molar-refractivity contribution in [2.24, 2.45) is 0 Å². The lowest BCUT2D eigenvalue weighted by Gasteiger charge is -2.32. The van der Waals surface area contributed by atoms with Crippen LogP contribution in [-0.2, 0) is 11.2 Å². The third kappa shape index (κ3) is 4.48. The van der Waals surface area contributed by atoms with Gasteiger partial charge in [-0.3, -0.25) is 9.59 Å². The second kappa shape index (κ2) is 8.67. The van der Waals surface area contributed by atoms with Gasteiger partial charge in [0.05, 0.1) is 12.1 Å². The number of rotatable bonds is 5. The van der Waals surface area contributed by atoms with Crippen LogP contribution >= 0.6 is 22.7 Å². The Bertz CT molecular complexity index is 930. The average molecular weight is 412 g/mol. The molecule has 2 amide bonds. The Labute approximate surface area is 172 Å². The number of benzene rings is 1. The zero-order valence-corrected chi connectivity index (χ0v) is 17.0. The van der Waals surface area contributed by atoms with Crippen LogP contribution in [0.15, 0.2) is 52.5 Å². The lowest BCUT2D eigenvalue weighted by molar-refractivity contribution is -0.131. The van der Waals surface area contributed by atoms with Crippen LogP contribution in [0.25, 0.3) is 10.6 Å². The third-order valence-electron chi connectivity index (χ3n) is 4.87. The number of piperidine rings is 1. The molecule has 28 heavy (non-hydrogen) atoms. The highest BCUT2D eigenvalue weighted by Crippen LogP contribution is 2.26. The van der Waals surface area contributed by atoms with Crippen LogP contribution in [0.2, 0.25) is 0 Å². The summed E-state index contributed by atoms with van der Waals surface area (Å²) >= 11 is 3.22. The summed E-state index contributed by atoms with van der Waals surface area (Å²) < 4.78 is 0. The molecule has 0 unspecified atom stereocenters. The predicted octanol–water partition coefficient (Wildman–Crippen LogP) is 3.84. The van der Waals surface area contributed by atoms with Crippen molar-refractivity contribution < 1.29 is 9.59 Å². The molecular formula is C21H21N3O2S2. The summed E-state index contributed by atoms with van der Waals surface area (Å²) in [6, 6.07) is 11.4. The highest BCUT2D eigenvalue weighted by molar-refractivity contribution is 7.14. The van der Waals surface area contributed by atoms with Crippen LogP contribution in [0.1, 0.15) is 28.9 Å². The summed E-state index contributed by atoms with van der Waals surface area (Å²) in [5.41, 5.74) is 2.62. The molecule has 0 radical (unpaired) electrons. The monoisotopic (exact) mass is 411 g/mol. The predicted molar refractivity (Wildman–Crippen MR) is 113 cm³/mol. The molecule has 1 aliphatic heterocycles. The van der Waals surface area contributed by atoms with Crippen LogP contribution in [0.5, 0.6) is 0 Å². The molecule has 7 heteroatoms. The van der Waals surface area contributed by atoms with Gasteiger partial charge in [0, 0.05) is 41.0 Å². The van der Waals surface area contributed by atoms with Crippen molar-refractivity contribution in [3.05, 3.63) is 63.8 Å². The number of hydrogen-bond donors (Lipinski definition) is 1. The van der Waals surface area contributed by atoms with Crippen LogP contribution in [0, 0.1) is 0 Å². The van der Waals surface area contributed by atoms with Gasteiger partial charge in [-0.1, -0.05) is 18.2 Å². The second-order valence-electron chi connectivity index (χ2n) is 6.83. The Morgan fingerprint density at radius 1 is 1.11 bits per heavy atom. The molecule has 5 nitrogen and oxygen atoms in total. The van der Waals surface area contributed by atoms with Crippen molar-refractivity contribution in [2.45, 2.75) is 25.3 Å². The van der Waals surface area contributed by atoms with Gasteiger partial charge in [0.15, 0.2) is 0 Å². The maximum Gasteiger partial charge on any atom is 0.251 e. The molecule has 2 aromatic heterocycles.